The van der Waals surface area contributed by atoms with E-state index >= 15 is 0 Å². The lowest BCUT2D eigenvalue weighted by Gasteiger charge is -2.17. The average Bonchev–Trinajstić information content (AvgIpc) is 2.52. The van der Waals surface area contributed by atoms with Crippen molar-refractivity contribution in [3.63, 3.8) is 0 Å². The van der Waals surface area contributed by atoms with Crippen molar-refractivity contribution in [1.29, 1.82) is 0 Å². The monoisotopic (exact) mass is 340 g/mol. The van der Waals surface area contributed by atoms with Gasteiger partial charge in [-0.25, -0.2) is 17.6 Å². The predicted octanol–water partition coefficient (Wildman–Crippen LogP) is 3.70. The van der Waals surface area contributed by atoms with Gasteiger partial charge in [0.15, 0.2) is 11.6 Å². The van der Waals surface area contributed by atoms with Crippen LogP contribution in [0.2, 0.25) is 0 Å². The largest absolute Gasteiger partial charge is 0.326 e. The van der Waals surface area contributed by atoms with Gasteiger partial charge in [0, 0.05) is 42.9 Å². The van der Waals surface area contributed by atoms with Crippen molar-refractivity contribution < 1.29 is 22.4 Å². The topological polar surface area (TPSA) is 32.3 Å². The molecule has 1 N–H and O–H groups in total. The first-order valence-electron chi connectivity index (χ1n) is 7.22. The van der Waals surface area contributed by atoms with Crippen LogP contribution in [0, 0.1) is 23.3 Å². The number of nitrogens with zero attached hydrogens (tertiary/aromatic N) is 1. The summed E-state index contributed by atoms with van der Waals surface area (Å²) in [6.07, 6.45) is 0.0817. The third-order valence-electron chi connectivity index (χ3n) is 3.38. The molecule has 2 aromatic rings. The highest BCUT2D eigenvalue weighted by molar-refractivity contribution is 5.90. The zero-order valence-electron chi connectivity index (χ0n) is 13.0. The predicted molar refractivity (Wildman–Crippen MR) is 82.3 cm³/mol. The number of amides is 1. The summed E-state index contributed by atoms with van der Waals surface area (Å²) in [5.74, 6) is -3.71. The standard InChI is InChI=1S/C17H16F4N2O/c1-23(10-11-2-3-12(18)8-15(11)20)7-6-17(24)22-13-4-5-14(19)16(21)9-13/h2-5,8-9H,6-7,10H2,1H3,(H,22,24). The Hall–Kier alpha value is -2.41. The molecule has 2 aromatic carbocycles. The fourth-order valence-electron chi connectivity index (χ4n) is 2.11. The summed E-state index contributed by atoms with van der Waals surface area (Å²) in [5.41, 5.74) is 0.478. The van der Waals surface area contributed by atoms with E-state index in [1.54, 1.807) is 11.9 Å². The van der Waals surface area contributed by atoms with Crippen LogP contribution in [0.25, 0.3) is 0 Å². The number of halogens is 4. The minimum absolute atomic E-state index is 0.0817. The lowest BCUT2D eigenvalue weighted by molar-refractivity contribution is -0.116. The van der Waals surface area contributed by atoms with E-state index in [1.807, 2.05) is 0 Å². The van der Waals surface area contributed by atoms with Crippen molar-refractivity contribution in [1.82, 2.24) is 4.90 Å². The fraction of sp³-hybridized carbons (Fsp3) is 0.235. The van der Waals surface area contributed by atoms with Crippen LogP contribution in [-0.4, -0.2) is 24.4 Å². The summed E-state index contributed by atoms with van der Waals surface area (Å²) in [7, 11) is 1.69. The quantitative estimate of drug-likeness (QED) is 0.813. The minimum Gasteiger partial charge on any atom is -0.326 e. The third kappa shape index (κ3) is 5.06. The third-order valence-corrected chi connectivity index (χ3v) is 3.38. The van der Waals surface area contributed by atoms with Crippen molar-refractivity contribution in [3.8, 4) is 0 Å². The Morgan fingerprint density at radius 1 is 1.00 bits per heavy atom. The molecule has 0 fully saturated rings. The molecule has 0 saturated heterocycles. The van der Waals surface area contributed by atoms with Crippen LogP contribution in [0.5, 0.6) is 0 Å². The molecule has 128 valence electrons. The minimum atomic E-state index is -1.04. The van der Waals surface area contributed by atoms with Crippen molar-refractivity contribution in [2.45, 2.75) is 13.0 Å². The Morgan fingerprint density at radius 2 is 1.75 bits per heavy atom. The summed E-state index contributed by atoms with van der Waals surface area (Å²) in [6.45, 7) is 0.525. The SMILES string of the molecule is CN(CCC(=O)Nc1ccc(F)c(F)c1)Cc1ccc(F)cc1F. The second-order valence-electron chi connectivity index (χ2n) is 5.40. The summed E-state index contributed by atoms with van der Waals surface area (Å²) < 4.78 is 52.3. The van der Waals surface area contributed by atoms with Crippen molar-refractivity contribution in [3.05, 3.63) is 65.2 Å². The van der Waals surface area contributed by atoms with E-state index in [9.17, 15) is 22.4 Å². The molecule has 0 saturated carbocycles. The number of hydrogen-bond donors (Lipinski definition) is 1. The van der Waals surface area contributed by atoms with Crippen LogP contribution in [0.15, 0.2) is 36.4 Å². The van der Waals surface area contributed by atoms with Crippen LogP contribution in [0.1, 0.15) is 12.0 Å². The molecular formula is C17H16F4N2O. The smallest absolute Gasteiger partial charge is 0.225 e. The molecule has 2 rings (SSSR count). The van der Waals surface area contributed by atoms with Gasteiger partial charge in [-0.1, -0.05) is 6.07 Å². The van der Waals surface area contributed by atoms with Gasteiger partial charge in [-0.05, 0) is 25.2 Å². The maximum Gasteiger partial charge on any atom is 0.225 e. The lowest BCUT2D eigenvalue weighted by atomic mass is 10.2. The maximum atomic E-state index is 13.6. The summed E-state index contributed by atoms with van der Waals surface area (Å²) in [4.78, 5) is 13.5. The number of hydrogen-bond acceptors (Lipinski definition) is 2. The Kier molecular flexibility index (Phi) is 5.92. The van der Waals surface area contributed by atoms with E-state index < -0.39 is 23.3 Å². The number of nitrogens with one attached hydrogen (secondary N) is 1. The van der Waals surface area contributed by atoms with E-state index in [4.69, 9.17) is 0 Å². The molecule has 24 heavy (non-hydrogen) atoms. The molecule has 0 radical (unpaired) electrons. The Morgan fingerprint density at radius 3 is 2.42 bits per heavy atom. The van der Waals surface area contributed by atoms with Gasteiger partial charge < -0.3 is 10.2 Å². The van der Waals surface area contributed by atoms with Gasteiger partial charge in [-0.3, -0.25) is 4.79 Å². The molecule has 0 unspecified atom stereocenters. The molecule has 1 amide bonds. The molecule has 0 heterocycles. The normalized spacial score (nSPS) is 10.9. The average molecular weight is 340 g/mol. The molecule has 0 aromatic heterocycles. The summed E-state index contributed by atoms with van der Waals surface area (Å²) >= 11 is 0. The van der Waals surface area contributed by atoms with Crippen molar-refractivity contribution >= 4 is 11.6 Å². The van der Waals surface area contributed by atoms with Gasteiger partial charge >= 0.3 is 0 Å². The number of carbonyl (C=O) groups is 1. The molecule has 0 aliphatic heterocycles. The zero-order chi connectivity index (χ0) is 17.7. The van der Waals surface area contributed by atoms with Crippen LogP contribution >= 0.6 is 0 Å². The van der Waals surface area contributed by atoms with Gasteiger partial charge in [-0.2, -0.15) is 0 Å². The van der Waals surface area contributed by atoms with Crippen LogP contribution in [0.3, 0.4) is 0 Å². The van der Waals surface area contributed by atoms with Crippen molar-refractivity contribution in [2.24, 2.45) is 0 Å². The first-order chi connectivity index (χ1) is 11.3. The molecule has 7 heteroatoms. The first kappa shape index (κ1) is 17.9. The van der Waals surface area contributed by atoms with Gasteiger partial charge in [-0.15, -0.1) is 0 Å². The van der Waals surface area contributed by atoms with Crippen molar-refractivity contribution in [2.75, 3.05) is 18.9 Å². The van der Waals surface area contributed by atoms with E-state index in [1.165, 1.54) is 18.2 Å². The van der Waals surface area contributed by atoms with E-state index in [-0.39, 0.29) is 24.6 Å². The second kappa shape index (κ2) is 7.92. The highest BCUT2D eigenvalue weighted by Crippen LogP contribution is 2.14. The van der Waals surface area contributed by atoms with Gasteiger partial charge in [0.2, 0.25) is 5.91 Å². The molecule has 0 bridgehead atoms. The van der Waals surface area contributed by atoms with Crippen LogP contribution in [0.4, 0.5) is 23.2 Å². The van der Waals surface area contributed by atoms with E-state index in [0.717, 1.165) is 18.2 Å². The van der Waals surface area contributed by atoms with Crippen LogP contribution < -0.4 is 5.32 Å². The Labute approximate surface area is 136 Å². The first-order valence-corrected chi connectivity index (χ1v) is 7.22. The molecule has 0 aliphatic carbocycles. The zero-order valence-corrected chi connectivity index (χ0v) is 13.0. The van der Waals surface area contributed by atoms with Gasteiger partial charge in [0.25, 0.3) is 0 Å². The highest BCUT2D eigenvalue weighted by Gasteiger charge is 2.10. The lowest BCUT2D eigenvalue weighted by Crippen LogP contribution is -2.24. The van der Waals surface area contributed by atoms with E-state index in [0.29, 0.717) is 12.1 Å². The second-order valence-corrected chi connectivity index (χ2v) is 5.40. The fourth-order valence-corrected chi connectivity index (χ4v) is 2.11. The molecular weight excluding hydrogens is 324 g/mol. The molecule has 0 atom stereocenters. The molecule has 0 aliphatic rings. The number of carbonyl (C=O) groups excluding carboxylic acids is 1. The highest BCUT2D eigenvalue weighted by atomic mass is 19.2. The maximum absolute atomic E-state index is 13.6. The van der Waals surface area contributed by atoms with Gasteiger partial charge in [0.1, 0.15) is 11.6 Å². The number of anilines is 1. The number of benzene rings is 2. The Bertz CT molecular complexity index is 737. The Balaban J connectivity index is 1.83. The van der Waals surface area contributed by atoms with E-state index in [2.05, 4.69) is 5.32 Å². The molecule has 0 spiro atoms. The van der Waals surface area contributed by atoms with Crippen LogP contribution in [-0.2, 0) is 11.3 Å². The summed E-state index contributed by atoms with van der Waals surface area (Å²) in [6, 6.07) is 6.40. The summed E-state index contributed by atoms with van der Waals surface area (Å²) in [5, 5.41) is 2.45. The molecule has 3 nitrogen and oxygen atoms in total. The van der Waals surface area contributed by atoms with Gasteiger partial charge in [0.05, 0.1) is 0 Å². The number of rotatable bonds is 6.